The van der Waals surface area contributed by atoms with Crippen LogP contribution >= 0.6 is 0 Å². The summed E-state index contributed by atoms with van der Waals surface area (Å²) in [5.74, 6) is -1.73. The third-order valence-electron chi connectivity index (χ3n) is 7.00. The predicted molar refractivity (Wildman–Crippen MR) is 152 cm³/mol. The highest BCUT2D eigenvalue weighted by atomic mass is 19.4. The van der Waals surface area contributed by atoms with Gasteiger partial charge in [-0.25, -0.2) is 0 Å². The fraction of sp³-hybridized carbons (Fsp3) is 0.0588. The van der Waals surface area contributed by atoms with E-state index in [-0.39, 0.29) is 72.3 Å². The van der Waals surface area contributed by atoms with Crippen LogP contribution < -0.4 is 9.47 Å². The summed E-state index contributed by atoms with van der Waals surface area (Å²) in [5, 5.41) is 57.4. The number of halogens is 6. The zero-order valence-electron chi connectivity index (χ0n) is 23.5. The van der Waals surface area contributed by atoms with Gasteiger partial charge in [0.25, 0.3) is 0 Å². The molecule has 0 unspecified atom stereocenters. The summed E-state index contributed by atoms with van der Waals surface area (Å²) in [6.45, 7) is 0. The van der Waals surface area contributed by atoms with E-state index < -0.39 is 29.8 Å². The second kappa shape index (κ2) is 11.9. The number of hydrogen-bond donors (Lipinski definition) is 0. The molecule has 1 aliphatic rings. The van der Waals surface area contributed by atoms with Crippen molar-refractivity contribution in [3.63, 3.8) is 0 Å². The van der Waals surface area contributed by atoms with Gasteiger partial charge < -0.3 is 9.47 Å². The Morgan fingerprint density at radius 2 is 0.771 bits per heavy atom. The number of rotatable bonds is 4. The highest BCUT2D eigenvalue weighted by Gasteiger charge is 2.37. The van der Waals surface area contributed by atoms with Gasteiger partial charge in [0.2, 0.25) is 0 Å². The number of benzene rings is 4. The lowest BCUT2D eigenvalue weighted by Crippen LogP contribution is -2.18. The van der Waals surface area contributed by atoms with Gasteiger partial charge in [0.1, 0.15) is 29.2 Å². The molecule has 0 radical (unpaired) electrons. The number of fused-ring (bicyclic) bond motifs is 3. The van der Waals surface area contributed by atoms with Crippen molar-refractivity contribution in [1.29, 1.82) is 31.6 Å². The van der Waals surface area contributed by atoms with E-state index in [9.17, 15) is 57.9 Å². The third-order valence-corrected chi connectivity index (χ3v) is 7.00. The molecule has 0 fully saturated rings. The van der Waals surface area contributed by atoms with Crippen LogP contribution in [0.4, 0.5) is 26.3 Å². The number of nitrogens with zero attached hydrogens (tertiary/aromatic N) is 6. The molecule has 0 saturated heterocycles. The van der Waals surface area contributed by atoms with Gasteiger partial charge in [-0.15, -0.1) is 26.3 Å². The molecule has 4 aromatic rings. The SMILES string of the molecule is N#CC(C#N)=C1c2cc(OC(F)(F)F)c(-c3cc(C#N)cc(C#N)c3)cc2-c2cc(-c3cc(C#N)cc(C#N)c3)c(OC(F)(F)F)cc21. The van der Waals surface area contributed by atoms with Crippen LogP contribution in [-0.2, 0) is 0 Å². The molecule has 0 atom stereocenters. The monoisotopic (exact) mass is 648 g/mol. The van der Waals surface area contributed by atoms with E-state index in [4.69, 9.17) is 0 Å². The fourth-order valence-electron chi connectivity index (χ4n) is 5.26. The number of ether oxygens (including phenoxy) is 2. The van der Waals surface area contributed by atoms with E-state index in [1.54, 1.807) is 12.1 Å². The van der Waals surface area contributed by atoms with Gasteiger partial charge in [0.15, 0.2) is 0 Å². The molecule has 8 nitrogen and oxygen atoms in total. The molecule has 0 aliphatic heterocycles. The van der Waals surface area contributed by atoms with Crippen molar-refractivity contribution in [2.45, 2.75) is 12.7 Å². The lowest BCUT2D eigenvalue weighted by Gasteiger charge is -2.17. The van der Waals surface area contributed by atoms with Gasteiger partial charge in [-0.05, 0) is 94.0 Å². The first-order valence-electron chi connectivity index (χ1n) is 13.1. The molecule has 0 spiro atoms. The highest BCUT2D eigenvalue weighted by molar-refractivity contribution is 6.07. The quantitative estimate of drug-likeness (QED) is 0.139. The van der Waals surface area contributed by atoms with E-state index in [0.29, 0.717) is 0 Å². The average Bonchev–Trinajstić information content (AvgIpc) is 3.34. The van der Waals surface area contributed by atoms with Crippen molar-refractivity contribution in [3.8, 4) is 81.3 Å². The maximum absolute atomic E-state index is 13.7. The zero-order valence-corrected chi connectivity index (χ0v) is 23.5. The van der Waals surface area contributed by atoms with Crippen molar-refractivity contribution < 1.29 is 35.8 Å². The molecule has 0 N–H and O–H groups in total. The topological polar surface area (TPSA) is 161 Å². The number of alkyl halides is 6. The standard InChI is InChI=1S/C34H10F6N6O2/c35-33(36,37)47-30-9-28-26(7-24(30)21-3-17(11-41)1-18(4-21)12-42)27-8-25(22-5-19(13-43)2-20(6-22)14-44)31(48-34(38,39)40)10-29(27)32(28)23(15-45)16-46/h1-10H. The maximum atomic E-state index is 13.7. The largest absolute Gasteiger partial charge is 0.573 e. The number of nitriles is 6. The fourth-order valence-corrected chi connectivity index (χ4v) is 5.26. The van der Waals surface area contributed by atoms with Crippen LogP contribution in [0.1, 0.15) is 33.4 Å². The second-order valence-electron chi connectivity index (χ2n) is 9.90. The Balaban J connectivity index is 1.94. The lowest BCUT2D eigenvalue weighted by molar-refractivity contribution is -0.275. The van der Waals surface area contributed by atoms with Crippen LogP contribution in [0.25, 0.3) is 39.0 Å². The Morgan fingerprint density at radius 3 is 1.04 bits per heavy atom. The van der Waals surface area contributed by atoms with E-state index in [0.717, 1.165) is 24.3 Å². The molecule has 0 amide bonds. The maximum Gasteiger partial charge on any atom is 0.573 e. The number of allylic oxidation sites excluding steroid dienone is 1. The van der Waals surface area contributed by atoms with Crippen molar-refractivity contribution in [2.24, 2.45) is 0 Å². The summed E-state index contributed by atoms with van der Waals surface area (Å²) in [6, 6.07) is 21.6. The molecule has 5 rings (SSSR count). The highest BCUT2D eigenvalue weighted by Crippen LogP contribution is 2.53. The Morgan fingerprint density at radius 1 is 0.438 bits per heavy atom. The summed E-state index contributed by atoms with van der Waals surface area (Å²) >= 11 is 0. The predicted octanol–water partition coefficient (Wildman–Crippen LogP) is 8.13. The normalized spacial score (nSPS) is 11.4. The Labute approximate surface area is 266 Å². The average molecular weight is 648 g/mol. The minimum Gasteiger partial charge on any atom is -0.405 e. The van der Waals surface area contributed by atoms with Gasteiger partial charge in [-0.2, -0.15) is 31.6 Å². The number of hydrogen-bond acceptors (Lipinski definition) is 8. The summed E-state index contributed by atoms with van der Waals surface area (Å²) in [4.78, 5) is 0. The first-order chi connectivity index (χ1) is 22.7. The van der Waals surface area contributed by atoms with Gasteiger partial charge in [0.05, 0.1) is 46.5 Å². The molecule has 14 heteroatoms. The van der Waals surface area contributed by atoms with Crippen molar-refractivity contribution in [3.05, 3.63) is 99.6 Å². The molecule has 1 aliphatic carbocycles. The summed E-state index contributed by atoms with van der Waals surface area (Å²) in [5.41, 5.74) is -2.35. The molecule has 48 heavy (non-hydrogen) atoms. The lowest BCUT2D eigenvalue weighted by atomic mass is 9.93. The molecule has 4 aromatic carbocycles. The van der Waals surface area contributed by atoms with Gasteiger partial charge in [-0.3, -0.25) is 0 Å². The van der Waals surface area contributed by atoms with Crippen LogP contribution in [0, 0.1) is 68.0 Å². The van der Waals surface area contributed by atoms with Gasteiger partial charge in [0, 0.05) is 16.7 Å². The molecular formula is C34H10F6N6O2. The van der Waals surface area contributed by atoms with E-state index >= 15 is 0 Å². The smallest absolute Gasteiger partial charge is 0.405 e. The van der Waals surface area contributed by atoms with Crippen LogP contribution in [0.5, 0.6) is 11.5 Å². The van der Waals surface area contributed by atoms with E-state index in [2.05, 4.69) is 9.47 Å². The van der Waals surface area contributed by atoms with Crippen LogP contribution in [0.15, 0.2) is 66.2 Å². The molecule has 230 valence electrons. The second-order valence-corrected chi connectivity index (χ2v) is 9.90. The Hall–Kier alpha value is -7.26. The van der Waals surface area contributed by atoms with Crippen molar-refractivity contribution in [1.82, 2.24) is 0 Å². The van der Waals surface area contributed by atoms with Crippen LogP contribution in [0.2, 0.25) is 0 Å². The van der Waals surface area contributed by atoms with Crippen LogP contribution in [-0.4, -0.2) is 12.7 Å². The van der Waals surface area contributed by atoms with Gasteiger partial charge >= 0.3 is 12.7 Å². The molecular weight excluding hydrogens is 638 g/mol. The first-order valence-corrected chi connectivity index (χ1v) is 13.1. The Bertz CT molecular complexity index is 2120. The van der Waals surface area contributed by atoms with Crippen molar-refractivity contribution >= 4 is 5.57 Å². The van der Waals surface area contributed by atoms with E-state index in [1.165, 1.54) is 36.4 Å². The van der Waals surface area contributed by atoms with E-state index in [1.807, 2.05) is 24.3 Å². The summed E-state index contributed by atoms with van der Waals surface area (Å²) in [6.07, 6.45) is -10.6. The zero-order chi connectivity index (χ0) is 35.0. The minimum atomic E-state index is -5.28. The molecule has 0 saturated carbocycles. The third kappa shape index (κ3) is 6.15. The van der Waals surface area contributed by atoms with Crippen LogP contribution in [0.3, 0.4) is 0 Å². The first kappa shape index (κ1) is 32.1. The summed E-state index contributed by atoms with van der Waals surface area (Å²) < 4.78 is 90.8. The van der Waals surface area contributed by atoms with Crippen molar-refractivity contribution in [2.75, 3.05) is 0 Å². The summed E-state index contributed by atoms with van der Waals surface area (Å²) in [7, 11) is 0. The molecule has 0 bridgehead atoms. The molecule has 0 heterocycles. The Kier molecular flexibility index (Phi) is 7.98. The minimum absolute atomic E-state index is 0.0325. The van der Waals surface area contributed by atoms with Gasteiger partial charge in [-0.1, -0.05) is 0 Å². The molecule has 0 aromatic heterocycles.